The lowest BCUT2D eigenvalue weighted by Crippen LogP contribution is -2.18. The molecule has 0 atom stereocenters. The Morgan fingerprint density at radius 3 is 2.29 bits per heavy atom. The molecule has 2 rings (SSSR count). The Hall–Kier alpha value is -1.51. The average molecular weight is 288 g/mol. The molecule has 0 spiro atoms. The summed E-state index contributed by atoms with van der Waals surface area (Å²) in [6.45, 7) is 2.10. The summed E-state index contributed by atoms with van der Waals surface area (Å²) >= 11 is 0. The van der Waals surface area contributed by atoms with Crippen LogP contribution >= 0.6 is 0 Å². The smallest absolute Gasteiger partial charge is 0.224 e. The molecule has 0 unspecified atom stereocenters. The summed E-state index contributed by atoms with van der Waals surface area (Å²) in [5, 5.41) is 6.57. The van der Waals surface area contributed by atoms with Crippen LogP contribution in [0.4, 0.5) is 11.4 Å². The van der Waals surface area contributed by atoms with Gasteiger partial charge in [-0.2, -0.15) is 0 Å². The number of nitrogens with one attached hydrogen (secondary N) is 2. The summed E-state index contributed by atoms with van der Waals surface area (Å²) in [5.74, 6) is 0.112. The fraction of sp³-hybridized carbons (Fsp3) is 0.611. The van der Waals surface area contributed by atoms with Crippen LogP contribution in [0.25, 0.3) is 0 Å². The van der Waals surface area contributed by atoms with Gasteiger partial charge < -0.3 is 10.6 Å². The van der Waals surface area contributed by atoms with Gasteiger partial charge in [-0.1, -0.05) is 39.0 Å². The summed E-state index contributed by atoms with van der Waals surface area (Å²) in [5.41, 5.74) is 2.05. The molecule has 3 heteroatoms. The molecule has 1 aromatic carbocycles. The fourth-order valence-corrected chi connectivity index (χ4v) is 2.87. The highest BCUT2D eigenvalue weighted by Gasteiger charge is 2.11. The SMILES string of the molecule is CCCCC(=O)Nc1ccc(NC2CCCCCC2)cc1. The van der Waals surface area contributed by atoms with Crippen molar-refractivity contribution in [3.8, 4) is 0 Å². The van der Waals surface area contributed by atoms with E-state index in [0.29, 0.717) is 12.5 Å². The molecule has 0 heterocycles. The van der Waals surface area contributed by atoms with E-state index in [9.17, 15) is 4.79 Å². The van der Waals surface area contributed by atoms with Gasteiger partial charge >= 0.3 is 0 Å². The van der Waals surface area contributed by atoms with Gasteiger partial charge in [0.1, 0.15) is 0 Å². The molecule has 2 N–H and O–H groups in total. The number of carbonyl (C=O) groups excluding carboxylic acids is 1. The quantitative estimate of drug-likeness (QED) is 0.727. The van der Waals surface area contributed by atoms with Crippen molar-refractivity contribution in [1.82, 2.24) is 0 Å². The second-order valence-corrected chi connectivity index (χ2v) is 6.06. The van der Waals surface area contributed by atoms with E-state index in [1.807, 2.05) is 12.1 Å². The molecule has 1 amide bonds. The van der Waals surface area contributed by atoms with Gasteiger partial charge in [-0.05, 0) is 43.5 Å². The number of rotatable bonds is 6. The van der Waals surface area contributed by atoms with Gasteiger partial charge in [0.15, 0.2) is 0 Å². The highest BCUT2D eigenvalue weighted by molar-refractivity contribution is 5.90. The summed E-state index contributed by atoms with van der Waals surface area (Å²) in [7, 11) is 0. The summed E-state index contributed by atoms with van der Waals surface area (Å²) < 4.78 is 0. The van der Waals surface area contributed by atoms with Crippen LogP contribution in [-0.2, 0) is 4.79 Å². The zero-order valence-corrected chi connectivity index (χ0v) is 13.2. The lowest BCUT2D eigenvalue weighted by atomic mass is 10.1. The monoisotopic (exact) mass is 288 g/mol. The van der Waals surface area contributed by atoms with Crippen LogP contribution in [0.3, 0.4) is 0 Å². The molecule has 3 nitrogen and oxygen atoms in total. The molecule has 0 aliphatic heterocycles. The highest BCUT2D eigenvalue weighted by atomic mass is 16.1. The summed E-state index contributed by atoms with van der Waals surface area (Å²) in [6.07, 6.45) is 10.6. The lowest BCUT2D eigenvalue weighted by molar-refractivity contribution is -0.116. The van der Waals surface area contributed by atoms with Gasteiger partial charge in [-0.3, -0.25) is 4.79 Å². The molecule has 1 aromatic rings. The first-order valence-corrected chi connectivity index (χ1v) is 8.44. The Morgan fingerprint density at radius 1 is 1.05 bits per heavy atom. The van der Waals surface area contributed by atoms with Crippen LogP contribution in [0.2, 0.25) is 0 Å². The number of benzene rings is 1. The number of hydrogen-bond acceptors (Lipinski definition) is 2. The maximum absolute atomic E-state index is 11.7. The van der Waals surface area contributed by atoms with Gasteiger partial charge in [0.2, 0.25) is 5.91 Å². The number of unbranched alkanes of at least 4 members (excludes halogenated alkanes) is 1. The third-order valence-electron chi connectivity index (χ3n) is 4.15. The van der Waals surface area contributed by atoms with Crippen LogP contribution in [0.15, 0.2) is 24.3 Å². The maximum Gasteiger partial charge on any atom is 0.224 e. The first-order valence-electron chi connectivity index (χ1n) is 8.44. The molecule has 0 saturated heterocycles. The molecule has 21 heavy (non-hydrogen) atoms. The molecule has 0 bridgehead atoms. The zero-order chi connectivity index (χ0) is 14.9. The van der Waals surface area contributed by atoms with Crippen molar-refractivity contribution < 1.29 is 4.79 Å². The van der Waals surface area contributed by atoms with Gasteiger partial charge in [-0.25, -0.2) is 0 Å². The maximum atomic E-state index is 11.7. The summed E-state index contributed by atoms with van der Waals surface area (Å²) in [4.78, 5) is 11.7. The van der Waals surface area contributed by atoms with Gasteiger partial charge in [-0.15, -0.1) is 0 Å². The fourth-order valence-electron chi connectivity index (χ4n) is 2.87. The van der Waals surface area contributed by atoms with Crippen LogP contribution in [0, 0.1) is 0 Å². The van der Waals surface area contributed by atoms with E-state index >= 15 is 0 Å². The second kappa shape index (κ2) is 8.71. The van der Waals surface area contributed by atoms with E-state index < -0.39 is 0 Å². The predicted molar refractivity (Wildman–Crippen MR) is 89.7 cm³/mol. The highest BCUT2D eigenvalue weighted by Crippen LogP contribution is 2.22. The molecular formula is C18H28N2O. The molecule has 1 saturated carbocycles. The number of amides is 1. The van der Waals surface area contributed by atoms with E-state index in [1.54, 1.807) is 0 Å². The third kappa shape index (κ3) is 5.78. The van der Waals surface area contributed by atoms with Gasteiger partial charge in [0, 0.05) is 23.8 Å². The summed E-state index contributed by atoms with van der Waals surface area (Å²) in [6, 6.07) is 8.73. The normalized spacial score (nSPS) is 16.2. The Kier molecular flexibility index (Phi) is 6.58. The van der Waals surface area contributed by atoms with Crippen molar-refractivity contribution in [2.24, 2.45) is 0 Å². The topological polar surface area (TPSA) is 41.1 Å². The lowest BCUT2D eigenvalue weighted by Gasteiger charge is -2.18. The Labute approximate surface area is 128 Å². The van der Waals surface area contributed by atoms with Gasteiger partial charge in [0.25, 0.3) is 0 Å². The first kappa shape index (κ1) is 15.9. The van der Waals surface area contributed by atoms with Crippen molar-refractivity contribution in [2.75, 3.05) is 10.6 Å². The third-order valence-corrected chi connectivity index (χ3v) is 4.15. The number of anilines is 2. The molecular weight excluding hydrogens is 260 g/mol. The van der Waals surface area contributed by atoms with E-state index in [-0.39, 0.29) is 5.91 Å². The molecule has 0 radical (unpaired) electrons. The molecule has 1 aliphatic carbocycles. The minimum absolute atomic E-state index is 0.112. The minimum atomic E-state index is 0.112. The number of carbonyl (C=O) groups is 1. The Morgan fingerprint density at radius 2 is 1.67 bits per heavy atom. The molecule has 1 aliphatic rings. The Balaban J connectivity index is 1.82. The molecule has 116 valence electrons. The van der Waals surface area contributed by atoms with E-state index in [1.165, 1.54) is 38.5 Å². The van der Waals surface area contributed by atoms with Crippen molar-refractivity contribution >= 4 is 17.3 Å². The van der Waals surface area contributed by atoms with Crippen molar-refractivity contribution in [3.63, 3.8) is 0 Å². The van der Waals surface area contributed by atoms with Crippen molar-refractivity contribution in [1.29, 1.82) is 0 Å². The molecule has 0 aromatic heterocycles. The standard InChI is InChI=1S/C18H28N2O/c1-2-3-10-18(21)20-17-13-11-16(12-14-17)19-15-8-6-4-5-7-9-15/h11-15,19H,2-10H2,1H3,(H,20,21). The largest absolute Gasteiger partial charge is 0.382 e. The Bertz CT molecular complexity index is 419. The van der Waals surface area contributed by atoms with Gasteiger partial charge in [0.05, 0.1) is 0 Å². The van der Waals surface area contributed by atoms with Crippen LogP contribution in [0.1, 0.15) is 64.7 Å². The van der Waals surface area contributed by atoms with Crippen LogP contribution < -0.4 is 10.6 Å². The molecule has 1 fully saturated rings. The van der Waals surface area contributed by atoms with E-state index in [0.717, 1.165) is 24.2 Å². The zero-order valence-electron chi connectivity index (χ0n) is 13.2. The second-order valence-electron chi connectivity index (χ2n) is 6.06. The van der Waals surface area contributed by atoms with Crippen molar-refractivity contribution in [2.45, 2.75) is 70.8 Å². The van der Waals surface area contributed by atoms with Crippen LogP contribution in [-0.4, -0.2) is 11.9 Å². The van der Waals surface area contributed by atoms with E-state index in [2.05, 4.69) is 29.7 Å². The number of hydrogen-bond donors (Lipinski definition) is 2. The predicted octanol–water partition coefficient (Wildman–Crippen LogP) is 4.95. The van der Waals surface area contributed by atoms with Crippen LogP contribution in [0.5, 0.6) is 0 Å². The van der Waals surface area contributed by atoms with Crippen molar-refractivity contribution in [3.05, 3.63) is 24.3 Å². The minimum Gasteiger partial charge on any atom is -0.382 e. The first-order chi connectivity index (χ1) is 10.3. The average Bonchev–Trinajstić information content (AvgIpc) is 2.76. The van der Waals surface area contributed by atoms with E-state index in [4.69, 9.17) is 0 Å².